The topological polar surface area (TPSA) is 95.0 Å². The van der Waals surface area contributed by atoms with Crippen LogP contribution in [0.4, 0.5) is 11.4 Å². The summed E-state index contributed by atoms with van der Waals surface area (Å²) in [5.41, 5.74) is 4.52. The average molecular weight is 780 g/mol. The van der Waals surface area contributed by atoms with Crippen molar-refractivity contribution in [1.82, 2.24) is 5.32 Å². The fourth-order valence-corrected chi connectivity index (χ4v) is 8.60. The Labute approximate surface area is 334 Å². The van der Waals surface area contributed by atoms with Gasteiger partial charge in [0, 0.05) is 77.5 Å². The molecule has 0 bridgehead atoms. The number of ether oxygens (including phenoxy) is 2. The average Bonchev–Trinajstić information content (AvgIpc) is 3.42. The number of Topliss-reactive ketones (excluding diaryl/α,β-unsaturated/α-hetero) is 1. The molecule has 54 heavy (non-hydrogen) atoms. The molecular formula is C44H63ClN4O4S. The highest BCUT2D eigenvalue weighted by molar-refractivity contribution is 7.99. The Morgan fingerprint density at radius 3 is 1.80 bits per heavy atom. The number of fused-ring (bicyclic) bond motifs is 6. The SMILES string of the molecule is CC.CC.CCN(CC)c1ccc2c(c1)Sc1cc(N(CC)CC)ccc1C21C(=N)C(=O)c2ccc(C(=O)NCCOCCOCCCCCCCl)cc21. The van der Waals surface area contributed by atoms with Gasteiger partial charge in [0.05, 0.1) is 30.9 Å². The lowest BCUT2D eigenvalue weighted by Gasteiger charge is -2.39. The number of hydrogen-bond acceptors (Lipinski definition) is 8. The third-order valence-corrected chi connectivity index (χ3v) is 11.2. The summed E-state index contributed by atoms with van der Waals surface area (Å²) in [7, 11) is 0. The van der Waals surface area contributed by atoms with E-state index in [0.717, 1.165) is 84.2 Å². The van der Waals surface area contributed by atoms with Crippen LogP contribution in [0.15, 0.2) is 64.4 Å². The van der Waals surface area contributed by atoms with Crippen LogP contribution in [-0.2, 0) is 14.9 Å². The van der Waals surface area contributed by atoms with E-state index in [9.17, 15) is 15.0 Å². The molecule has 3 aromatic carbocycles. The molecule has 1 spiro atoms. The van der Waals surface area contributed by atoms with Gasteiger partial charge in [-0.05, 0) is 99.7 Å². The van der Waals surface area contributed by atoms with Crippen molar-refractivity contribution < 1.29 is 19.1 Å². The first kappa shape index (κ1) is 45.0. The number of nitrogens with one attached hydrogen (secondary N) is 2. The molecule has 2 N–H and O–H groups in total. The van der Waals surface area contributed by atoms with E-state index >= 15 is 0 Å². The molecule has 8 nitrogen and oxygen atoms in total. The first-order valence-corrected chi connectivity index (χ1v) is 21.4. The molecule has 0 saturated heterocycles. The van der Waals surface area contributed by atoms with Crippen LogP contribution in [0, 0.1) is 5.41 Å². The van der Waals surface area contributed by atoms with Gasteiger partial charge in [-0.3, -0.25) is 15.0 Å². The minimum Gasteiger partial charge on any atom is -0.379 e. The molecule has 0 aromatic heterocycles. The number of benzene rings is 3. The lowest BCUT2D eigenvalue weighted by Crippen LogP contribution is -2.39. The van der Waals surface area contributed by atoms with Gasteiger partial charge in [-0.2, -0.15) is 0 Å². The first-order chi connectivity index (χ1) is 26.3. The molecule has 2 aliphatic rings. The van der Waals surface area contributed by atoms with E-state index < -0.39 is 5.41 Å². The lowest BCUT2D eigenvalue weighted by atomic mass is 9.68. The van der Waals surface area contributed by atoms with Crippen molar-refractivity contribution in [3.05, 3.63) is 82.4 Å². The number of carbonyl (C=O) groups excluding carboxylic acids is 2. The van der Waals surface area contributed by atoms with E-state index in [1.807, 2.05) is 33.8 Å². The van der Waals surface area contributed by atoms with Gasteiger partial charge in [-0.15, -0.1) is 11.6 Å². The fourth-order valence-electron chi connectivity index (χ4n) is 7.15. The predicted molar refractivity (Wildman–Crippen MR) is 228 cm³/mol. The molecule has 0 unspecified atom stereocenters. The molecule has 0 fully saturated rings. The maximum Gasteiger partial charge on any atom is 0.251 e. The highest BCUT2D eigenvalue weighted by Gasteiger charge is 2.55. The van der Waals surface area contributed by atoms with E-state index in [2.05, 4.69) is 79.2 Å². The van der Waals surface area contributed by atoms with E-state index in [0.29, 0.717) is 55.5 Å². The molecule has 296 valence electrons. The molecule has 5 rings (SSSR count). The highest BCUT2D eigenvalue weighted by atomic mass is 35.5. The molecule has 1 amide bonds. The normalized spacial score (nSPS) is 13.2. The molecule has 3 aromatic rings. The summed E-state index contributed by atoms with van der Waals surface area (Å²) >= 11 is 7.41. The summed E-state index contributed by atoms with van der Waals surface area (Å²) < 4.78 is 11.3. The summed E-state index contributed by atoms with van der Waals surface area (Å²) in [5.74, 6) is 0.161. The Kier molecular flexibility index (Phi) is 19.1. The monoisotopic (exact) mass is 778 g/mol. The van der Waals surface area contributed by atoms with E-state index in [-0.39, 0.29) is 17.4 Å². The minimum atomic E-state index is -1.13. The second-order valence-electron chi connectivity index (χ2n) is 12.6. The van der Waals surface area contributed by atoms with Crippen LogP contribution in [-0.4, -0.2) is 82.4 Å². The zero-order valence-corrected chi connectivity index (χ0v) is 35.5. The van der Waals surface area contributed by atoms with Gasteiger partial charge in [-0.25, -0.2) is 0 Å². The van der Waals surface area contributed by atoms with Crippen molar-refractivity contribution in [3.63, 3.8) is 0 Å². The van der Waals surface area contributed by atoms with Gasteiger partial charge < -0.3 is 24.6 Å². The number of halogens is 1. The molecule has 0 saturated carbocycles. The van der Waals surface area contributed by atoms with Gasteiger partial charge in [-0.1, -0.05) is 64.4 Å². The molecule has 0 radical (unpaired) electrons. The van der Waals surface area contributed by atoms with Crippen molar-refractivity contribution in [2.75, 3.05) is 74.8 Å². The summed E-state index contributed by atoms with van der Waals surface area (Å²) in [6, 6.07) is 18.0. The van der Waals surface area contributed by atoms with Gasteiger partial charge in [0.15, 0.2) is 0 Å². The van der Waals surface area contributed by atoms with Crippen molar-refractivity contribution in [1.29, 1.82) is 5.41 Å². The Morgan fingerprint density at radius 2 is 1.26 bits per heavy atom. The van der Waals surface area contributed by atoms with Crippen LogP contribution in [0.2, 0.25) is 0 Å². The van der Waals surface area contributed by atoms with E-state index in [4.69, 9.17) is 21.1 Å². The largest absolute Gasteiger partial charge is 0.379 e. The van der Waals surface area contributed by atoms with Gasteiger partial charge in [0.2, 0.25) is 5.78 Å². The molecule has 1 aliphatic carbocycles. The number of alkyl halides is 1. The molecule has 10 heteroatoms. The number of carbonyl (C=O) groups is 2. The quantitative estimate of drug-likeness (QED) is 0.0924. The van der Waals surface area contributed by atoms with Crippen LogP contribution in [0.5, 0.6) is 0 Å². The van der Waals surface area contributed by atoms with Gasteiger partial charge in [0.1, 0.15) is 0 Å². The van der Waals surface area contributed by atoms with Crippen LogP contribution < -0.4 is 15.1 Å². The Morgan fingerprint density at radius 1 is 0.722 bits per heavy atom. The van der Waals surface area contributed by atoms with Crippen LogP contribution in [0.3, 0.4) is 0 Å². The van der Waals surface area contributed by atoms with Crippen molar-refractivity contribution in [2.24, 2.45) is 0 Å². The number of unbranched alkanes of at least 4 members (excludes halogenated alkanes) is 3. The number of nitrogens with zero attached hydrogens (tertiary/aromatic N) is 2. The lowest BCUT2D eigenvalue weighted by molar-refractivity contribution is 0.0468. The Bertz CT molecular complexity index is 1610. The number of amides is 1. The number of anilines is 2. The van der Waals surface area contributed by atoms with Gasteiger partial charge in [0.25, 0.3) is 5.91 Å². The van der Waals surface area contributed by atoms with Crippen molar-refractivity contribution in [2.45, 2.75) is 96.3 Å². The summed E-state index contributed by atoms with van der Waals surface area (Å²) in [6.45, 7) is 22.5. The predicted octanol–water partition coefficient (Wildman–Crippen LogP) is 10.0. The standard InChI is InChI=1S/C40H51ClN4O4S.2C2H6/c1-5-44(6-2)29-14-17-32-35(26-29)50-36-27-30(45(7-3)8-4)15-18-33(36)40(32)34-25-28(13-16-31(34)37(46)38(40)42)39(47)43-20-22-49-24-23-48-21-12-10-9-11-19-41;2*1-2/h13-18,25-27,42H,5-12,19-24H2,1-4H3,(H,43,47);2*1-2H3. The minimum absolute atomic E-state index is 0.0184. The van der Waals surface area contributed by atoms with Crippen molar-refractivity contribution in [3.8, 4) is 0 Å². The van der Waals surface area contributed by atoms with E-state index in [1.165, 1.54) is 0 Å². The summed E-state index contributed by atoms with van der Waals surface area (Å²) in [6.07, 6.45) is 4.31. The molecule has 1 heterocycles. The first-order valence-electron chi connectivity index (χ1n) is 20.1. The summed E-state index contributed by atoms with van der Waals surface area (Å²) in [4.78, 5) is 34.0. The van der Waals surface area contributed by atoms with Crippen LogP contribution in [0.1, 0.15) is 118 Å². The molecule has 0 atom stereocenters. The maximum absolute atomic E-state index is 13.9. The third kappa shape index (κ3) is 9.89. The maximum atomic E-state index is 13.9. The second-order valence-corrected chi connectivity index (χ2v) is 14.1. The smallest absolute Gasteiger partial charge is 0.251 e. The van der Waals surface area contributed by atoms with Crippen molar-refractivity contribution >= 4 is 52.1 Å². The number of ketones is 1. The summed E-state index contributed by atoms with van der Waals surface area (Å²) in [5, 5.41) is 12.5. The third-order valence-electron chi connectivity index (χ3n) is 9.82. The van der Waals surface area contributed by atoms with Crippen LogP contribution >= 0.6 is 23.4 Å². The Hall–Kier alpha value is -3.37. The van der Waals surface area contributed by atoms with Crippen LogP contribution in [0.25, 0.3) is 0 Å². The highest BCUT2D eigenvalue weighted by Crippen LogP contribution is 2.57. The van der Waals surface area contributed by atoms with Gasteiger partial charge >= 0.3 is 0 Å². The zero-order valence-electron chi connectivity index (χ0n) is 33.9. The number of rotatable bonds is 19. The molecule has 1 aliphatic heterocycles. The Balaban J connectivity index is 0.00000190. The van der Waals surface area contributed by atoms with E-state index in [1.54, 1.807) is 23.9 Å². The zero-order chi connectivity index (χ0) is 39.7. The second kappa shape index (κ2) is 22.9. The molecular weight excluding hydrogens is 716 g/mol. The fraction of sp³-hybridized carbons (Fsp3) is 0.523. The number of hydrogen-bond donors (Lipinski definition) is 2.